The maximum absolute atomic E-state index is 13.2. The second-order valence-corrected chi connectivity index (χ2v) is 8.77. The Morgan fingerprint density at radius 3 is 2.88 bits per heavy atom. The van der Waals surface area contributed by atoms with Gasteiger partial charge in [0.05, 0.1) is 18.2 Å². The van der Waals surface area contributed by atoms with Gasteiger partial charge in [0.1, 0.15) is 17.2 Å². The molecule has 1 saturated heterocycles. The van der Waals surface area contributed by atoms with Crippen LogP contribution in [0, 0.1) is 0 Å². The zero-order valence-corrected chi connectivity index (χ0v) is 18.7. The summed E-state index contributed by atoms with van der Waals surface area (Å²) in [6, 6.07) is 9.58. The molecule has 1 fully saturated rings. The summed E-state index contributed by atoms with van der Waals surface area (Å²) in [5, 5.41) is 11.6. The van der Waals surface area contributed by atoms with Gasteiger partial charge in [0.2, 0.25) is 5.78 Å². The van der Waals surface area contributed by atoms with E-state index in [1.807, 2.05) is 36.0 Å². The van der Waals surface area contributed by atoms with Crippen LogP contribution in [0.25, 0.3) is 17.0 Å². The molecule has 2 aromatic carbocycles. The van der Waals surface area contributed by atoms with E-state index in [1.54, 1.807) is 25.3 Å². The highest BCUT2D eigenvalue weighted by atomic mass is 16.5. The van der Waals surface area contributed by atoms with Gasteiger partial charge in [-0.05, 0) is 62.7 Å². The number of hydrogen-bond acceptors (Lipinski definition) is 5. The van der Waals surface area contributed by atoms with Crippen LogP contribution in [0.5, 0.6) is 17.2 Å². The number of methoxy groups -OCH3 is 1. The number of allylic oxidation sites excluding steroid dienone is 1. The van der Waals surface area contributed by atoms with Crippen molar-refractivity contribution in [3.05, 3.63) is 59.0 Å². The van der Waals surface area contributed by atoms with Crippen LogP contribution in [0.15, 0.2) is 42.3 Å². The van der Waals surface area contributed by atoms with Gasteiger partial charge in [-0.3, -0.25) is 9.69 Å². The summed E-state index contributed by atoms with van der Waals surface area (Å²) in [5.74, 6) is 1.53. The molecule has 32 heavy (non-hydrogen) atoms. The van der Waals surface area contributed by atoms with Gasteiger partial charge in [0.15, 0.2) is 5.76 Å². The predicted octanol–water partition coefficient (Wildman–Crippen LogP) is 4.88. The molecule has 1 N–H and O–H groups in total. The lowest BCUT2D eigenvalue weighted by Crippen LogP contribution is -2.36. The second kappa shape index (κ2) is 8.02. The smallest absolute Gasteiger partial charge is 0.231 e. The van der Waals surface area contributed by atoms with E-state index in [-0.39, 0.29) is 17.3 Å². The number of aromatic hydroxyl groups is 1. The molecule has 1 atom stereocenters. The van der Waals surface area contributed by atoms with Crippen molar-refractivity contribution in [3.63, 3.8) is 0 Å². The third-order valence-corrected chi connectivity index (χ3v) is 6.73. The normalized spacial score (nSPS) is 20.0. The largest absolute Gasteiger partial charge is 0.507 e. The van der Waals surface area contributed by atoms with Crippen molar-refractivity contribution in [3.8, 4) is 17.2 Å². The number of aromatic nitrogens is 1. The van der Waals surface area contributed by atoms with Crippen LogP contribution in [-0.4, -0.2) is 40.1 Å². The Morgan fingerprint density at radius 2 is 2.09 bits per heavy atom. The van der Waals surface area contributed by atoms with Crippen molar-refractivity contribution in [2.24, 2.45) is 7.05 Å². The molecule has 0 unspecified atom stereocenters. The molecule has 0 radical (unpaired) electrons. The number of Topliss-reactive ketones (excluding diaryl/α,β-unsaturated/α-hetero) is 1. The van der Waals surface area contributed by atoms with Gasteiger partial charge in [-0.15, -0.1) is 0 Å². The van der Waals surface area contributed by atoms with Gasteiger partial charge in [0, 0.05) is 42.3 Å². The Kier molecular flexibility index (Phi) is 5.18. The van der Waals surface area contributed by atoms with Crippen molar-refractivity contribution in [2.45, 2.75) is 38.8 Å². The molecule has 3 heterocycles. The number of ketones is 1. The van der Waals surface area contributed by atoms with Gasteiger partial charge >= 0.3 is 0 Å². The molecule has 0 amide bonds. The summed E-state index contributed by atoms with van der Waals surface area (Å²) in [6.45, 7) is 3.77. The van der Waals surface area contributed by atoms with E-state index in [9.17, 15) is 9.90 Å². The number of ether oxygens (including phenoxy) is 2. The summed E-state index contributed by atoms with van der Waals surface area (Å²) in [5.41, 5.74) is 3.12. The number of aryl methyl sites for hydroxylation is 1. The van der Waals surface area contributed by atoms with Crippen molar-refractivity contribution in [1.29, 1.82) is 0 Å². The van der Waals surface area contributed by atoms with Crippen LogP contribution in [-0.2, 0) is 13.6 Å². The third kappa shape index (κ3) is 3.45. The van der Waals surface area contributed by atoms with Gasteiger partial charge in [-0.2, -0.15) is 0 Å². The fourth-order valence-corrected chi connectivity index (χ4v) is 4.83. The standard InChI is InChI=1S/C26H28N2O4/c1-16-6-4-5-11-28(16)15-21-23(29)10-8-19-25(30)24(32-26(19)21)12-17-14-27(2)22-9-7-18(31-3)13-20(17)22/h7-10,12-14,16,29H,4-6,11,15H2,1-3H3/b24-12-/t16-/m0/s1. The molecule has 0 aliphatic carbocycles. The minimum absolute atomic E-state index is 0.159. The van der Waals surface area contributed by atoms with Gasteiger partial charge < -0.3 is 19.1 Å². The molecule has 0 saturated carbocycles. The molecule has 1 aromatic heterocycles. The highest BCUT2D eigenvalue weighted by molar-refractivity contribution is 6.15. The summed E-state index contributed by atoms with van der Waals surface area (Å²) in [7, 11) is 3.61. The molecule has 166 valence electrons. The number of phenols is 1. The number of carbonyl (C=O) groups excluding carboxylic acids is 1. The first-order chi connectivity index (χ1) is 15.5. The predicted molar refractivity (Wildman–Crippen MR) is 124 cm³/mol. The number of phenolic OH excluding ortho intramolecular Hbond substituents is 1. The highest BCUT2D eigenvalue weighted by Gasteiger charge is 2.32. The summed E-state index contributed by atoms with van der Waals surface area (Å²) in [6.07, 6.45) is 7.29. The first-order valence-electron chi connectivity index (χ1n) is 11.1. The SMILES string of the molecule is COc1ccc2c(c1)c(/C=C1\Oc3c(ccc(O)c3CN3CCCC[C@@H]3C)C1=O)cn2C. The molecule has 5 rings (SSSR count). The Balaban J connectivity index is 1.52. The number of piperidine rings is 1. The molecule has 6 heteroatoms. The molecule has 6 nitrogen and oxygen atoms in total. The van der Waals surface area contributed by atoms with E-state index in [0.717, 1.165) is 41.6 Å². The molecule has 0 bridgehead atoms. The monoisotopic (exact) mass is 432 g/mol. The zero-order chi connectivity index (χ0) is 22.4. The molecular weight excluding hydrogens is 404 g/mol. The van der Waals surface area contributed by atoms with Gasteiger partial charge in [-0.1, -0.05) is 6.42 Å². The number of fused-ring (bicyclic) bond motifs is 2. The van der Waals surface area contributed by atoms with E-state index >= 15 is 0 Å². The topological polar surface area (TPSA) is 63.9 Å². The minimum Gasteiger partial charge on any atom is -0.507 e. The van der Waals surface area contributed by atoms with E-state index in [1.165, 1.54) is 6.42 Å². The van der Waals surface area contributed by atoms with Crippen LogP contribution in [0.2, 0.25) is 0 Å². The Labute approximate surface area is 187 Å². The lowest BCUT2D eigenvalue weighted by atomic mass is 10.0. The molecule has 2 aliphatic heterocycles. The zero-order valence-electron chi connectivity index (χ0n) is 18.7. The van der Waals surface area contributed by atoms with Crippen LogP contribution in [0.1, 0.15) is 47.7 Å². The molecule has 0 spiro atoms. The van der Waals surface area contributed by atoms with Crippen molar-refractivity contribution >= 4 is 22.8 Å². The Bertz CT molecular complexity index is 1240. The quantitative estimate of drug-likeness (QED) is 0.595. The van der Waals surface area contributed by atoms with Gasteiger partial charge in [-0.25, -0.2) is 0 Å². The summed E-state index contributed by atoms with van der Waals surface area (Å²) < 4.78 is 13.5. The third-order valence-electron chi connectivity index (χ3n) is 6.73. The number of nitrogens with zero attached hydrogens (tertiary/aromatic N) is 2. The summed E-state index contributed by atoms with van der Waals surface area (Å²) in [4.78, 5) is 15.5. The molecule has 2 aliphatic rings. The minimum atomic E-state index is -0.159. The fourth-order valence-electron chi connectivity index (χ4n) is 4.83. The average Bonchev–Trinajstić information content (AvgIpc) is 3.28. The Hall–Kier alpha value is -3.25. The van der Waals surface area contributed by atoms with E-state index in [4.69, 9.17) is 9.47 Å². The number of benzene rings is 2. The van der Waals surface area contributed by atoms with Crippen LogP contribution >= 0.6 is 0 Å². The Morgan fingerprint density at radius 1 is 1.25 bits per heavy atom. The van der Waals surface area contributed by atoms with E-state index in [2.05, 4.69) is 11.8 Å². The molecule has 3 aromatic rings. The number of rotatable bonds is 4. The van der Waals surface area contributed by atoms with Crippen LogP contribution in [0.4, 0.5) is 0 Å². The van der Waals surface area contributed by atoms with Crippen LogP contribution < -0.4 is 9.47 Å². The van der Waals surface area contributed by atoms with Gasteiger partial charge in [0.25, 0.3) is 0 Å². The summed E-state index contributed by atoms with van der Waals surface area (Å²) >= 11 is 0. The van der Waals surface area contributed by atoms with E-state index < -0.39 is 0 Å². The van der Waals surface area contributed by atoms with Crippen molar-refractivity contribution in [1.82, 2.24) is 9.47 Å². The van der Waals surface area contributed by atoms with Crippen molar-refractivity contribution < 1.29 is 19.4 Å². The average molecular weight is 433 g/mol. The van der Waals surface area contributed by atoms with Crippen molar-refractivity contribution in [2.75, 3.05) is 13.7 Å². The fraction of sp³-hybridized carbons (Fsp3) is 0.346. The maximum Gasteiger partial charge on any atom is 0.231 e. The lowest BCUT2D eigenvalue weighted by molar-refractivity contribution is 0.101. The molecular formula is C26H28N2O4. The number of carbonyl (C=O) groups is 1. The first kappa shape index (κ1) is 20.6. The maximum atomic E-state index is 13.2. The van der Waals surface area contributed by atoms with Crippen LogP contribution in [0.3, 0.4) is 0 Å². The van der Waals surface area contributed by atoms with E-state index in [0.29, 0.717) is 29.5 Å². The first-order valence-corrected chi connectivity index (χ1v) is 11.1. The second-order valence-electron chi connectivity index (χ2n) is 8.77. The number of likely N-dealkylation sites (tertiary alicyclic amines) is 1. The number of hydrogen-bond donors (Lipinski definition) is 1. The highest BCUT2D eigenvalue weighted by Crippen LogP contribution is 2.41. The lowest BCUT2D eigenvalue weighted by Gasteiger charge is -2.33.